The summed E-state index contributed by atoms with van der Waals surface area (Å²) in [4.78, 5) is 8.79. The molecule has 0 atom stereocenters. The van der Waals surface area contributed by atoms with Crippen LogP contribution in [0.4, 0.5) is 0 Å². The van der Waals surface area contributed by atoms with Gasteiger partial charge in [-0.2, -0.15) is 0 Å². The Morgan fingerprint density at radius 1 is 1.32 bits per heavy atom. The first-order valence-electron chi connectivity index (χ1n) is 6.06. The van der Waals surface area contributed by atoms with Gasteiger partial charge in [-0.05, 0) is 24.7 Å². The van der Waals surface area contributed by atoms with E-state index in [1.165, 1.54) is 0 Å². The lowest BCUT2D eigenvalue weighted by molar-refractivity contribution is 0.907. The van der Waals surface area contributed by atoms with Gasteiger partial charge in [0.15, 0.2) is 0 Å². The summed E-state index contributed by atoms with van der Waals surface area (Å²) in [5.74, 6) is 0. The molecule has 3 rings (SSSR count). The summed E-state index contributed by atoms with van der Waals surface area (Å²) >= 11 is 6.01. The van der Waals surface area contributed by atoms with Crippen LogP contribution in [0.2, 0.25) is 5.02 Å². The lowest BCUT2D eigenvalue weighted by Gasteiger charge is -2.03. The molecular formula is C14H13ClN4. The lowest BCUT2D eigenvalue weighted by atomic mass is 10.1. The van der Waals surface area contributed by atoms with Crippen molar-refractivity contribution in [2.24, 2.45) is 5.73 Å². The fourth-order valence-electron chi connectivity index (χ4n) is 2.18. The molecule has 5 heteroatoms. The van der Waals surface area contributed by atoms with Crippen LogP contribution in [-0.4, -0.2) is 20.9 Å². The third-order valence-corrected chi connectivity index (χ3v) is 3.24. The minimum absolute atomic E-state index is 0.573. The van der Waals surface area contributed by atoms with Crippen molar-refractivity contribution in [2.45, 2.75) is 6.42 Å². The number of aromatic nitrogens is 3. The number of hydrogen-bond donors (Lipinski definition) is 1. The second kappa shape index (κ2) is 4.99. The van der Waals surface area contributed by atoms with E-state index in [1.54, 1.807) is 6.20 Å². The number of rotatable bonds is 3. The molecule has 0 aliphatic carbocycles. The molecular weight excluding hydrogens is 260 g/mol. The third-order valence-electron chi connectivity index (χ3n) is 3.00. The lowest BCUT2D eigenvalue weighted by Crippen LogP contribution is -2.06. The first-order valence-corrected chi connectivity index (χ1v) is 6.44. The molecule has 3 aromatic heterocycles. The number of fused-ring (bicyclic) bond motifs is 1. The first-order chi connectivity index (χ1) is 9.29. The largest absolute Gasteiger partial charge is 0.330 e. The van der Waals surface area contributed by atoms with Crippen LogP contribution in [0.15, 0.2) is 42.9 Å². The van der Waals surface area contributed by atoms with E-state index in [0.29, 0.717) is 11.6 Å². The number of nitrogens with zero attached hydrogens (tertiary/aromatic N) is 3. The Kier molecular flexibility index (Phi) is 3.19. The molecule has 0 aliphatic heterocycles. The van der Waals surface area contributed by atoms with Crippen LogP contribution < -0.4 is 5.73 Å². The molecule has 0 aliphatic rings. The second-order valence-electron chi connectivity index (χ2n) is 4.26. The zero-order valence-corrected chi connectivity index (χ0v) is 11.0. The maximum atomic E-state index is 6.01. The van der Waals surface area contributed by atoms with Crippen molar-refractivity contribution in [3.8, 4) is 11.3 Å². The summed E-state index contributed by atoms with van der Waals surface area (Å²) in [6.45, 7) is 0.573. The zero-order valence-electron chi connectivity index (χ0n) is 10.3. The highest BCUT2D eigenvalue weighted by molar-refractivity contribution is 6.30. The summed E-state index contributed by atoms with van der Waals surface area (Å²) in [7, 11) is 0. The van der Waals surface area contributed by atoms with Gasteiger partial charge in [0.2, 0.25) is 0 Å². The maximum absolute atomic E-state index is 6.01. The van der Waals surface area contributed by atoms with Crippen LogP contribution in [-0.2, 0) is 6.42 Å². The Balaban J connectivity index is 2.26. The van der Waals surface area contributed by atoms with E-state index in [2.05, 4.69) is 9.97 Å². The van der Waals surface area contributed by atoms with Gasteiger partial charge in [0, 0.05) is 41.7 Å². The van der Waals surface area contributed by atoms with E-state index in [9.17, 15) is 0 Å². The van der Waals surface area contributed by atoms with Gasteiger partial charge in [-0.25, -0.2) is 4.98 Å². The van der Waals surface area contributed by atoms with Crippen molar-refractivity contribution in [1.82, 2.24) is 14.4 Å². The monoisotopic (exact) mass is 272 g/mol. The molecule has 4 nitrogen and oxygen atoms in total. The van der Waals surface area contributed by atoms with E-state index in [-0.39, 0.29) is 0 Å². The zero-order chi connectivity index (χ0) is 13.2. The second-order valence-corrected chi connectivity index (χ2v) is 4.70. The van der Waals surface area contributed by atoms with E-state index in [1.807, 2.05) is 41.1 Å². The van der Waals surface area contributed by atoms with Crippen molar-refractivity contribution in [1.29, 1.82) is 0 Å². The van der Waals surface area contributed by atoms with Gasteiger partial charge in [0.05, 0.1) is 11.4 Å². The van der Waals surface area contributed by atoms with Crippen LogP contribution in [0, 0.1) is 0 Å². The van der Waals surface area contributed by atoms with Gasteiger partial charge >= 0.3 is 0 Å². The van der Waals surface area contributed by atoms with Gasteiger partial charge in [-0.1, -0.05) is 11.6 Å². The average Bonchev–Trinajstić information content (AvgIpc) is 2.78. The van der Waals surface area contributed by atoms with Gasteiger partial charge in [-0.3, -0.25) is 4.98 Å². The minimum atomic E-state index is 0.573. The molecule has 3 aromatic rings. The number of nitrogens with two attached hydrogens (primary N) is 1. The van der Waals surface area contributed by atoms with Crippen LogP contribution >= 0.6 is 11.6 Å². The predicted octanol–water partition coefficient (Wildman–Crippen LogP) is 2.55. The molecule has 0 radical (unpaired) electrons. The van der Waals surface area contributed by atoms with Crippen molar-refractivity contribution in [2.75, 3.05) is 6.54 Å². The van der Waals surface area contributed by atoms with Crippen LogP contribution in [0.3, 0.4) is 0 Å². The fraction of sp³-hybridized carbons (Fsp3) is 0.143. The van der Waals surface area contributed by atoms with Gasteiger partial charge in [-0.15, -0.1) is 0 Å². The number of imidazole rings is 1. The van der Waals surface area contributed by atoms with Gasteiger partial charge in [0.1, 0.15) is 5.65 Å². The van der Waals surface area contributed by atoms with Crippen LogP contribution in [0.5, 0.6) is 0 Å². The smallest absolute Gasteiger partial charge is 0.139 e. The van der Waals surface area contributed by atoms with E-state index >= 15 is 0 Å². The molecule has 0 bridgehead atoms. The fourth-order valence-corrected chi connectivity index (χ4v) is 2.33. The van der Waals surface area contributed by atoms with E-state index < -0.39 is 0 Å². The molecule has 19 heavy (non-hydrogen) atoms. The summed E-state index contributed by atoms with van der Waals surface area (Å²) in [5, 5.41) is 0.675. The molecule has 2 N–H and O–H groups in total. The average molecular weight is 273 g/mol. The molecule has 3 heterocycles. The number of pyridine rings is 2. The van der Waals surface area contributed by atoms with Crippen LogP contribution in [0.1, 0.15) is 5.69 Å². The van der Waals surface area contributed by atoms with Crippen molar-refractivity contribution in [3.05, 3.63) is 53.6 Å². The molecule has 96 valence electrons. The number of halogens is 1. The molecule has 0 saturated heterocycles. The highest BCUT2D eigenvalue weighted by Gasteiger charge is 2.13. The van der Waals surface area contributed by atoms with Gasteiger partial charge in [0.25, 0.3) is 0 Å². The maximum Gasteiger partial charge on any atom is 0.139 e. The summed E-state index contributed by atoms with van der Waals surface area (Å²) in [6, 6.07) is 7.60. The standard InChI is InChI=1S/C14H13ClN4/c15-11-4-7-19-12(3-5-16)14(18-13(19)8-11)10-2-1-6-17-9-10/h1-2,4,6-9H,3,5,16H2. The Hall–Kier alpha value is -1.91. The molecule has 0 fully saturated rings. The van der Waals surface area contributed by atoms with E-state index in [4.69, 9.17) is 17.3 Å². The summed E-state index contributed by atoms with van der Waals surface area (Å²) < 4.78 is 2.03. The topological polar surface area (TPSA) is 56.2 Å². The Bertz CT molecular complexity index is 706. The SMILES string of the molecule is NCCc1c(-c2cccnc2)nc2cc(Cl)ccn12. The summed E-state index contributed by atoms with van der Waals surface area (Å²) in [6.07, 6.45) is 6.24. The Labute approximate surface area is 115 Å². The normalized spacial score (nSPS) is 11.1. The third kappa shape index (κ3) is 2.20. The van der Waals surface area contributed by atoms with Gasteiger partial charge < -0.3 is 10.1 Å². The van der Waals surface area contributed by atoms with Crippen molar-refractivity contribution < 1.29 is 0 Å². The first kappa shape index (κ1) is 12.1. The molecule has 0 amide bonds. The Morgan fingerprint density at radius 2 is 2.21 bits per heavy atom. The van der Waals surface area contributed by atoms with Crippen LogP contribution in [0.25, 0.3) is 16.9 Å². The highest BCUT2D eigenvalue weighted by Crippen LogP contribution is 2.25. The highest BCUT2D eigenvalue weighted by atomic mass is 35.5. The predicted molar refractivity (Wildman–Crippen MR) is 76.2 cm³/mol. The minimum Gasteiger partial charge on any atom is -0.330 e. The quantitative estimate of drug-likeness (QED) is 0.797. The molecule has 0 saturated carbocycles. The van der Waals surface area contributed by atoms with Crippen molar-refractivity contribution >= 4 is 17.2 Å². The number of hydrogen-bond acceptors (Lipinski definition) is 3. The van der Waals surface area contributed by atoms with Crippen molar-refractivity contribution in [3.63, 3.8) is 0 Å². The molecule has 0 aromatic carbocycles. The summed E-state index contributed by atoms with van der Waals surface area (Å²) in [5.41, 5.74) is 9.53. The molecule has 0 spiro atoms. The van der Waals surface area contributed by atoms with E-state index in [0.717, 1.165) is 29.0 Å². The Morgan fingerprint density at radius 3 is 2.95 bits per heavy atom. The molecule has 0 unspecified atom stereocenters.